The monoisotopic (exact) mass is 282 g/mol. The van der Waals surface area contributed by atoms with E-state index in [1.807, 2.05) is 0 Å². The van der Waals surface area contributed by atoms with E-state index in [0.717, 1.165) is 6.07 Å². The van der Waals surface area contributed by atoms with Crippen LogP contribution in [0.3, 0.4) is 0 Å². The largest absolute Gasteiger partial charge is 2.00 e. The van der Waals surface area contributed by atoms with E-state index in [2.05, 4.69) is 0 Å². The molecule has 0 heterocycles. The van der Waals surface area contributed by atoms with Crippen molar-refractivity contribution in [2.75, 3.05) is 0 Å². The summed E-state index contributed by atoms with van der Waals surface area (Å²) >= 11 is 16.5. The molecule has 72 valence electrons. The van der Waals surface area contributed by atoms with Gasteiger partial charge < -0.3 is 14.7 Å². The van der Waals surface area contributed by atoms with Crippen molar-refractivity contribution >= 4 is 71.1 Å². The molecule has 0 aliphatic carbocycles. The van der Waals surface area contributed by atoms with Gasteiger partial charge in [0.25, 0.3) is 0 Å². The molecule has 14 heavy (non-hydrogen) atoms. The molecule has 0 saturated carbocycles. The summed E-state index contributed by atoms with van der Waals surface area (Å²) in [4.78, 5) is 31.9. The Morgan fingerprint density at radius 1 is 1.00 bits per heavy atom. The third-order valence-electron chi connectivity index (χ3n) is 1.27. The Morgan fingerprint density at radius 2 is 1.50 bits per heavy atom. The van der Waals surface area contributed by atoms with Crippen molar-refractivity contribution in [2.24, 2.45) is 0 Å². The maximum Gasteiger partial charge on any atom is 2.00 e. The number of rotatable bonds is 1. The van der Waals surface area contributed by atoms with Gasteiger partial charge in [-0.3, -0.25) is 0 Å². The fourth-order valence-corrected chi connectivity index (χ4v) is 2.45. The molecule has 0 fully saturated rings. The number of hydrogen-bond donors (Lipinski definition) is 0. The van der Waals surface area contributed by atoms with Gasteiger partial charge in [-0.1, -0.05) is 34.8 Å². The normalized spacial score (nSPS) is 11.0. The smallest absolute Gasteiger partial charge is 0.683 e. The number of benzene rings is 1. The van der Waals surface area contributed by atoms with Gasteiger partial charge in [0.05, 0.1) is 10.3 Å². The fraction of sp³-hybridized carbons (Fsp3) is 0. The first-order valence-electron chi connectivity index (χ1n) is 2.99. The van der Waals surface area contributed by atoms with Gasteiger partial charge in [0, 0.05) is 5.02 Å². The van der Waals surface area contributed by atoms with Crippen LogP contribution in [0.2, 0.25) is 15.1 Å². The van der Waals surface area contributed by atoms with E-state index in [1.54, 1.807) is 0 Å². The summed E-state index contributed by atoms with van der Waals surface area (Å²) in [6.07, 6.45) is 0. The second-order valence-electron chi connectivity index (χ2n) is 2.22. The summed E-state index contributed by atoms with van der Waals surface area (Å²) in [6, 6.07) is 2.22. The van der Waals surface area contributed by atoms with Gasteiger partial charge >= 0.3 is 23.1 Å². The summed E-state index contributed by atoms with van der Waals surface area (Å²) in [5.41, 5.74) is 0. The summed E-state index contributed by atoms with van der Waals surface area (Å²) in [6.45, 7) is 0. The van der Waals surface area contributed by atoms with Crippen molar-refractivity contribution in [3.05, 3.63) is 27.2 Å². The Morgan fingerprint density at radius 3 is 1.93 bits per heavy atom. The summed E-state index contributed by atoms with van der Waals surface area (Å²) in [7, 11) is -4.91. The molecule has 1 aromatic carbocycles. The van der Waals surface area contributed by atoms with E-state index in [0.29, 0.717) is 0 Å². The average Bonchev–Trinajstić information content (AvgIpc) is 1.94. The second kappa shape index (κ2) is 5.48. The van der Waals surface area contributed by atoms with Crippen molar-refractivity contribution in [1.29, 1.82) is 0 Å². The Bertz CT molecular complexity index is 342. The maximum absolute atomic E-state index is 10.6. The second-order valence-corrected chi connectivity index (χ2v) is 4.92. The fourth-order valence-electron chi connectivity index (χ4n) is 0.742. The topological polar surface area (TPSA) is 69.2 Å². The van der Waals surface area contributed by atoms with Crippen LogP contribution in [0.25, 0.3) is 0 Å². The Balaban J connectivity index is 0.00000169. The predicted octanol–water partition coefficient (Wildman–Crippen LogP) is -0.265. The maximum atomic E-state index is 10.6. The van der Waals surface area contributed by atoms with E-state index in [1.165, 1.54) is 6.07 Å². The molecule has 0 atom stereocenters. The van der Waals surface area contributed by atoms with E-state index in [9.17, 15) is 14.7 Å². The van der Waals surface area contributed by atoms with Crippen LogP contribution in [-0.4, -0.2) is 23.1 Å². The third kappa shape index (κ3) is 3.63. The Hall–Kier alpha value is 1.17. The molecule has 0 aromatic heterocycles. The minimum atomic E-state index is -4.91. The first kappa shape index (κ1) is 15.2. The SMILES string of the molecule is [Mg+2].[O-][P+]([O-])([O-])c1cc(Cl)cc(Cl)c1Cl. The predicted molar refractivity (Wildman–Crippen MR) is 53.8 cm³/mol. The summed E-state index contributed by atoms with van der Waals surface area (Å²) in [5.74, 6) is 0. The van der Waals surface area contributed by atoms with Gasteiger partial charge in [-0.15, -0.1) is 7.94 Å². The Labute approximate surface area is 112 Å². The molecule has 8 heteroatoms. The van der Waals surface area contributed by atoms with Crippen LogP contribution in [0.4, 0.5) is 0 Å². The van der Waals surface area contributed by atoms with E-state index in [-0.39, 0.29) is 38.1 Å². The molecule has 0 aliphatic heterocycles. The number of halogens is 3. The molecule has 0 unspecified atom stereocenters. The van der Waals surface area contributed by atoms with E-state index < -0.39 is 13.2 Å². The standard InChI is InChI=1S/C6H4Cl3O3P.Mg/c7-3-1-4(8)6(9)5(2-3)13(10,11)12;/h1-2H,(H2,10,11,12);/q;+2/p-2. The first-order chi connectivity index (χ1) is 5.82. The first-order valence-corrected chi connectivity index (χ1v) is 5.67. The summed E-state index contributed by atoms with van der Waals surface area (Å²) < 4.78 is 0. The molecule has 0 aliphatic rings. The Kier molecular flexibility index (Phi) is 5.94. The number of hydrogen-bond acceptors (Lipinski definition) is 3. The zero-order valence-electron chi connectivity index (χ0n) is 6.67. The zero-order valence-corrected chi connectivity index (χ0v) is 11.2. The molecule has 0 saturated heterocycles. The van der Waals surface area contributed by atoms with Gasteiger partial charge in [-0.05, 0) is 12.1 Å². The van der Waals surface area contributed by atoms with Crippen LogP contribution < -0.4 is 20.0 Å². The third-order valence-corrected chi connectivity index (χ3v) is 3.36. The van der Waals surface area contributed by atoms with Crippen molar-refractivity contribution in [1.82, 2.24) is 0 Å². The van der Waals surface area contributed by atoms with Crippen molar-refractivity contribution in [2.45, 2.75) is 0 Å². The van der Waals surface area contributed by atoms with E-state index >= 15 is 0 Å². The zero-order chi connectivity index (χ0) is 10.2. The molecule has 0 bridgehead atoms. The molecule has 0 spiro atoms. The van der Waals surface area contributed by atoms with Crippen LogP contribution in [0.15, 0.2) is 12.1 Å². The molecule has 1 aromatic rings. The van der Waals surface area contributed by atoms with Gasteiger partial charge in [-0.2, -0.15) is 0 Å². The quantitative estimate of drug-likeness (QED) is 0.405. The molecular weight excluding hydrogens is 282 g/mol. The van der Waals surface area contributed by atoms with Crippen molar-refractivity contribution in [3.8, 4) is 0 Å². The van der Waals surface area contributed by atoms with Crippen LogP contribution in [0.1, 0.15) is 0 Å². The van der Waals surface area contributed by atoms with E-state index in [4.69, 9.17) is 34.8 Å². The van der Waals surface area contributed by atoms with Crippen molar-refractivity contribution in [3.63, 3.8) is 0 Å². The molecule has 0 radical (unpaired) electrons. The van der Waals surface area contributed by atoms with Crippen LogP contribution >= 0.6 is 42.7 Å². The van der Waals surface area contributed by atoms with Gasteiger partial charge in [0.15, 0.2) is 0 Å². The van der Waals surface area contributed by atoms with Crippen LogP contribution in [-0.2, 0) is 0 Å². The van der Waals surface area contributed by atoms with Gasteiger partial charge in [-0.25, -0.2) is 0 Å². The molecule has 1 rings (SSSR count). The molecular formula is C6H2Cl3MgO3P. The minimum absolute atomic E-state index is 0. The van der Waals surface area contributed by atoms with Gasteiger partial charge in [0.1, 0.15) is 5.02 Å². The average molecular weight is 284 g/mol. The van der Waals surface area contributed by atoms with Crippen LogP contribution in [0, 0.1) is 0 Å². The minimum Gasteiger partial charge on any atom is -0.683 e. The van der Waals surface area contributed by atoms with Crippen LogP contribution in [0.5, 0.6) is 0 Å². The molecule has 0 amide bonds. The van der Waals surface area contributed by atoms with Gasteiger partial charge in [0.2, 0.25) is 0 Å². The molecule has 3 nitrogen and oxygen atoms in total. The molecule has 0 N–H and O–H groups in total. The van der Waals surface area contributed by atoms with Crippen molar-refractivity contribution < 1.29 is 14.7 Å². The summed E-state index contributed by atoms with van der Waals surface area (Å²) in [5, 5.41) is -0.876.